The minimum atomic E-state index is -0.980. The van der Waals surface area contributed by atoms with E-state index < -0.39 is 5.97 Å². The van der Waals surface area contributed by atoms with E-state index >= 15 is 0 Å². The van der Waals surface area contributed by atoms with Gasteiger partial charge < -0.3 is 5.11 Å². The van der Waals surface area contributed by atoms with Crippen LogP contribution in [0.25, 0.3) is 22.6 Å². The van der Waals surface area contributed by atoms with Gasteiger partial charge in [0.2, 0.25) is 0 Å². The summed E-state index contributed by atoms with van der Waals surface area (Å²) in [5, 5.41) is 10.7. The zero-order valence-electron chi connectivity index (χ0n) is 17.3. The van der Waals surface area contributed by atoms with Crippen molar-refractivity contribution in [2.75, 3.05) is 6.54 Å². The minimum absolute atomic E-state index is 0.266. The maximum Gasteiger partial charge on any atom is 0.336 e. The number of aromatic nitrogens is 1. The third-order valence-corrected chi connectivity index (χ3v) is 5.77. The molecular weight excluding hydrogens is 403 g/mol. The van der Waals surface area contributed by atoms with Gasteiger partial charge in [0.1, 0.15) is 5.82 Å². The second kappa shape index (κ2) is 8.36. The highest BCUT2D eigenvalue weighted by Gasteiger charge is 2.28. The van der Waals surface area contributed by atoms with E-state index in [1.54, 1.807) is 30.3 Å². The van der Waals surface area contributed by atoms with Crippen molar-refractivity contribution >= 4 is 28.5 Å². The average molecular weight is 424 g/mol. The molecule has 0 unspecified atom stereocenters. The fourth-order valence-corrected chi connectivity index (χ4v) is 4.36. The number of benzene rings is 3. The molecule has 4 nitrogen and oxygen atoms in total. The Labute approximate surface area is 185 Å². The van der Waals surface area contributed by atoms with Crippen LogP contribution in [0.5, 0.6) is 0 Å². The van der Waals surface area contributed by atoms with Crippen LogP contribution in [0, 0.1) is 5.82 Å². The van der Waals surface area contributed by atoms with Gasteiger partial charge in [0.25, 0.3) is 0 Å². The predicted molar refractivity (Wildman–Crippen MR) is 124 cm³/mol. The van der Waals surface area contributed by atoms with Crippen LogP contribution in [-0.2, 0) is 13.1 Å². The molecular formula is C27H21FN2O2. The number of pyridine rings is 1. The fourth-order valence-electron chi connectivity index (χ4n) is 4.36. The maximum atomic E-state index is 14.5. The molecule has 0 saturated carbocycles. The number of rotatable bonds is 4. The smallest absolute Gasteiger partial charge is 0.336 e. The number of carbonyl (C=O) groups is 1. The van der Waals surface area contributed by atoms with Crippen molar-refractivity contribution in [1.29, 1.82) is 0 Å². The normalized spacial score (nSPS) is 15.1. The molecule has 1 N–H and O–H groups in total. The van der Waals surface area contributed by atoms with Crippen LogP contribution < -0.4 is 0 Å². The van der Waals surface area contributed by atoms with Gasteiger partial charge in [0.15, 0.2) is 0 Å². The summed E-state index contributed by atoms with van der Waals surface area (Å²) in [7, 11) is 0. The largest absolute Gasteiger partial charge is 0.478 e. The van der Waals surface area contributed by atoms with Gasteiger partial charge in [-0.05, 0) is 29.3 Å². The number of fused-ring (bicyclic) bond motifs is 2. The highest BCUT2D eigenvalue weighted by Crippen LogP contribution is 2.34. The summed E-state index contributed by atoms with van der Waals surface area (Å²) in [4.78, 5) is 19.3. The van der Waals surface area contributed by atoms with Crippen LogP contribution in [0.1, 0.15) is 32.7 Å². The molecule has 0 saturated heterocycles. The van der Waals surface area contributed by atoms with Crippen LogP contribution in [0.4, 0.5) is 4.39 Å². The second-order valence-electron chi connectivity index (χ2n) is 7.96. The van der Waals surface area contributed by atoms with Gasteiger partial charge in [-0.1, -0.05) is 66.7 Å². The molecule has 1 aliphatic rings. The molecule has 0 bridgehead atoms. The highest BCUT2D eigenvalue weighted by atomic mass is 19.1. The molecule has 0 fully saturated rings. The summed E-state index contributed by atoms with van der Waals surface area (Å²) in [6.45, 7) is 1.65. The Morgan fingerprint density at radius 2 is 1.69 bits per heavy atom. The minimum Gasteiger partial charge on any atom is -0.478 e. The third-order valence-electron chi connectivity index (χ3n) is 5.77. The van der Waals surface area contributed by atoms with Crippen molar-refractivity contribution in [3.8, 4) is 0 Å². The number of carboxylic acids is 1. The first kappa shape index (κ1) is 20.1. The lowest BCUT2D eigenvalue weighted by molar-refractivity contribution is 0.0696. The van der Waals surface area contributed by atoms with Gasteiger partial charge in [0.05, 0.1) is 16.8 Å². The van der Waals surface area contributed by atoms with Crippen LogP contribution >= 0.6 is 0 Å². The molecule has 4 aromatic rings. The van der Waals surface area contributed by atoms with Gasteiger partial charge in [0, 0.05) is 36.1 Å². The van der Waals surface area contributed by atoms with Crippen molar-refractivity contribution in [3.05, 3.63) is 113 Å². The molecule has 158 valence electrons. The Balaban J connectivity index is 1.70. The summed E-state index contributed by atoms with van der Waals surface area (Å²) in [5.74, 6) is -1.30. The lowest BCUT2D eigenvalue weighted by atomic mass is 9.91. The Hall–Kier alpha value is -3.83. The fraction of sp³-hybridized carbons (Fsp3) is 0.111. The van der Waals surface area contributed by atoms with Gasteiger partial charge in [-0.2, -0.15) is 0 Å². The standard InChI is InChI=1S/C27H21FN2O2/c28-23-12-6-4-10-19(23)14-20-16-30(15-18-8-2-1-3-9-18)17-22-25(27(31)32)21-11-5-7-13-24(21)29-26(20)22/h1-14H,15-17H2,(H,31,32). The molecule has 32 heavy (non-hydrogen) atoms. The lowest BCUT2D eigenvalue weighted by Crippen LogP contribution is -2.31. The molecule has 1 aliphatic heterocycles. The summed E-state index contributed by atoms with van der Waals surface area (Å²) in [6, 6.07) is 23.9. The first-order valence-corrected chi connectivity index (χ1v) is 10.5. The summed E-state index contributed by atoms with van der Waals surface area (Å²) in [5.41, 5.74) is 4.59. The quantitative estimate of drug-likeness (QED) is 0.461. The molecule has 5 rings (SSSR count). The van der Waals surface area contributed by atoms with E-state index in [4.69, 9.17) is 4.98 Å². The number of para-hydroxylation sites is 1. The molecule has 0 atom stereocenters. The molecule has 0 aliphatic carbocycles. The summed E-state index contributed by atoms with van der Waals surface area (Å²) in [6.07, 6.45) is 1.79. The first-order chi connectivity index (χ1) is 15.6. The van der Waals surface area contributed by atoms with Gasteiger partial charge in [-0.25, -0.2) is 14.2 Å². The zero-order chi connectivity index (χ0) is 22.1. The number of hydrogen-bond donors (Lipinski definition) is 1. The van der Waals surface area contributed by atoms with E-state index in [1.165, 1.54) is 6.07 Å². The lowest BCUT2D eigenvalue weighted by Gasteiger charge is -2.31. The van der Waals surface area contributed by atoms with Crippen LogP contribution in [0.2, 0.25) is 0 Å². The van der Waals surface area contributed by atoms with Gasteiger partial charge in [-0.3, -0.25) is 4.90 Å². The summed E-state index contributed by atoms with van der Waals surface area (Å²) >= 11 is 0. The number of carboxylic acid groups (broad SMARTS) is 1. The topological polar surface area (TPSA) is 53.4 Å². The molecule has 3 aromatic carbocycles. The van der Waals surface area contributed by atoms with E-state index in [1.807, 2.05) is 48.5 Å². The Kier molecular flexibility index (Phi) is 5.25. The van der Waals surface area contributed by atoms with Gasteiger partial charge >= 0.3 is 5.97 Å². The van der Waals surface area contributed by atoms with Crippen molar-refractivity contribution in [2.24, 2.45) is 0 Å². The number of halogens is 1. The van der Waals surface area contributed by atoms with E-state index in [0.717, 1.165) is 11.1 Å². The van der Waals surface area contributed by atoms with Crippen LogP contribution in [-0.4, -0.2) is 27.5 Å². The molecule has 0 radical (unpaired) electrons. The predicted octanol–water partition coefficient (Wildman–Crippen LogP) is 5.63. The Morgan fingerprint density at radius 3 is 2.47 bits per heavy atom. The average Bonchev–Trinajstić information content (AvgIpc) is 2.80. The molecule has 5 heteroatoms. The number of hydrogen-bond acceptors (Lipinski definition) is 3. The van der Waals surface area contributed by atoms with E-state index in [0.29, 0.717) is 47.4 Å². The Bertz CT molecular complexity index is 1350. The van der Waals surface area contributed by atoms with E-state index in [9.17, 15) is 14.3 Å². The molecule has 0 amide bonds. The third kappa shape index (κ3) is 3.79. The van der Waals surface area contributed by atoms with Crippen molar-refractivity contribution < 1.29 is 14.3 Å². The maximum absolute atomic E-state index is 14.5. The molecule has 0 spiro atoms. The zero-order valence-corrected chi connectivity index (χ0v) is 17.3. The molecule has 1 aromatic heterocycles. The van der Waals surface area contributed by atoms with Crippen molar-refractivity contribution in [3.63, 3.8) is 0 Å². The Morgan fingerprint density at radius 1 is 0.969 bits per heavy atom. The monoisotopic (exact) mass is 424 g/mol. The van der Waals surface area contributed by atoms with Crippen molar-refractivity contribution in [2.45, 2.75) is 13.1 Å². The van der Waals surface area contributed by atoms with E-state index in [2.05, 4.69) is 4.90 Å². The van der Waals surface area contributed by atoms with Gasteiger partial charge in [-0.15, -0.1) is 0 Å². The second-order valence-corrected chi connectivity index (χ2v) is 7.96. The van der Waals surface area contributed by atoms with Crippen LogP contribution in [0.15, 0.2) is 78.9 Å². The highest BCUT2D eigenvalue weighted by molar-refractivity contribution is 6.06. The number of aromatic carboxylic acids is 1. The first-order valence-electron chi connectivity index (χ1n) is 10.5. The molecule has 2 heterocycles. The van der Waals surface area contributed by atoms with Crippen molar-refractivity contribution in [1.82, 2.24) is 9.88 Å². The number of nitrogens with zero attached hydrogens (tertiary/aromatic N) is 2. The summed E-state index contributed by atoms with van der Waals surface area (Å²) < 4.78 is 14.5. The van der Waals surface area contributed by atoms with E-state index in [-0.39, 0.29) is 11.4 Å². The van der Waals surface area contributed by atoms with Crippen LogP contribution in [0.3, 0.4) is 0 Å². The SMILES string of the molecule is O=C(O)c1c2c(nc3ccccc13)C(=Cc1ccccc1F)CN(Cc1ccccc1)C2.